The molecule has 0 heterocycles. The van der Waals surface area contributed by atoms with Crippen molar-refractivity contribution in [2.45, 2.75) is 52.1 Å². The van der Waals surface area contributed by atoms with Gasteiger partial charge in [0.1, 0.15) is 0 Å². The fraction of sp³-hybridized carbons (Fsp3) is 0.600. The molecule has 1 fully saturated rings. The Morgan fingerprint density at radius 3 is 2.94 bits per heavy atom. The molecule has 0 amide bonds. The van der Waals surface area contributed by atoms with Crippen LogP contribution in [0, 0.1) is 12.8 Å². The van der Waals surface area contributed by atoms with Gasteiger partial charge in [-0.05, 0) is 38.2 Å². The predicted octanol–water partition coefficient (Wildman–Crippen LogP) is 3.83. The average Bonchev–Trinajstić information content (AvgIpc) is 2.97. The maximum absolute atomic E-state index is 3.73. The van der Waals surface area contributed by atoms with Gasteiger partial charge in [-0.2, -0.15) is 0 Å². The van der Waals surface area contributed by atoms with E-state index in [0.717, 1.165) is 12.0 Å². The molecule has 1 nitrogen and oxygen atoms in total. The fourth-order valence-corrected chi connectivity index (χ4v) is 2.50. The lowest BCUT2D eigenvalue weighted by Crippen LogP contribution is -2.22. The van der Waals surface area contributed by atoms with Crippen LogP contribution in [0.4, 0.5) is 0 Å². The highest BCUT2D eigenvalue weighted by atomic mass is 15.0. The Morgan fingerprint density at radius 1 is 1.44 bits per heavy atom. The van der Waals surface area contributed by atoms with Gasteiger partial charge in [0.15, 0.2) is 0 Å². The van der Waals surface area contributed by atoms with Gasteiger partial charge in [-0.25, -0.2) is 0 Å². The second kappa shape index (κ2) is 5.01. The van der Waals surface area contributed by atoms with Gasteiger partial charge in [0.25, 0.3) is 0 Å². The molecule has 0 bridgehead atoms. The van der Waals surface area contributed by atoms with E-state index in [9.17, 15) is 0 Å². The summed E-state index contributed by atoms with van der Waals surface area (Å²) in [6.07, 6.45) is 4.09. The summed E-state index contributed by atoms with van der Waals surface area (Å²) in [5.74, 6) is 0.942. The van der Waals surface area contributed by atoms with E-state index < -0.39 is 0 Å². The zero-order valence-corrected chi connectivity index (χ0v) is 10.7. The first kappa shape index (κ1) is 11.7. The van der Waals surface area contributed by atoms with Crippen molar-refractivity contribution in [1.82, 2.24) is 5.32 Å². The fourth-order valence-electron chi connectivity index (χ4n) is 2.50. The van der Waals surface area contributed by atoms with E-state index in [1.807, 2.05) is 0 Å². The SMILES string of the molecule is CCCC1CC1NC(C)c1cccc(C)c1. The smallest absolute Gasteiger partial charge is 0.0294 e. The van der Waals surface area contributed by atoms with Gasteiger partial charge < -0.3 is 5.32 Å². The van der Waals surface area contributed by atoms with Crippen LogP contribution in [0.2, 0.25) is 0 Å². The van der Waals surface area contributed by atoms with E-state index >= 15 is 0 Å². The Morgan fingerprint density at radius 2 is 2.25 bits per heavy atom. The lowest BCUT2D eigenvalue weighted by atomic mass is 10.1. The molecule has 0 spiro atoms. The molecular weight excluding hydrogens is 194 g/mol. The molecule has 0 aliphatic heterocycles. The number of hydrogen-bond acceptors (Lipinski definition) is 1. The molecule has 1 aromatic rings. The topological polar surface area (TPSA) is 12.0 Å². The van der Waals surface area contributed by atoms with Crippen molar-refractivity contribution in [3.63, 3.8) is 0 Å². The van der Waals surface area contributed by atoms with Gasteiger partial charge in [-0.3, -0.25) is 0 Å². The number of aryl methyl sites for hydroxylation is 1. The van der Waals surface area contributed by atoms with Crippen LogP contribution in [0.25, 0.3) is 0 Å². The zero-order chi connectivity index (χ0) is 11.5. The third-order valence-corrected chi connectivity index (χ3v) is 3.59. The van der Waals surface area contributed by atoms with E-state index in [0.29, 0.717) is 6.04 Å². The lowest BCUT2D eigenvalue weighted by Gasteiger charge is -2.14. The Kier molecular flexibility index (Phi) is 3.65. The second-order valence-corrected chi connectivity index (χ2v) is 5.19. The summed E-state index contributed by atoms with van der Waals surface area (Å²) < 4.78 is 0. The van der Waals surface area contributed by atoms with Crippen LogP contribution in [-0.2, 0) is 0 Å². The highest BCUT2D eigenvalue weighted by Crippen LogP contribution is 2.36. The molecule has 1 heteroatoms. The predicted molar refractivity (Wildman–Crippen MR) is 69.5 cm³/mol. The first-order chi connectivity index (χ1) is 7.70. The Hall–Kier alpha value is -0.820. The molecule has 16 heavy (non-hydrogen) atoms. The van der Waals surface area contributed by atoms with Crippen LogP contribution in [-0.4, -0.2) is 6.04 Å². The monoisotopic (exact) mass is 217 g/mol. The van der Waals surface area contributed by atoms with Gasteiger partial charge in [-0.1, -0.05) is 43.2 Å². The van der Waals surface area contributed by atoms with Gasteiger partial charge in [0.05, 0.1) is 0 Å². The first-order valence-electron chi connectivity index (χ1n) is 6.53. The highest BCUT2D eigenvalue weighted by molar-refractivity contribution is 5.25. The second-order valence-electron chi connectivity index (χ2n) is 5.19. The minimum Gasteiger partial charge on any atom is -0.307 e. The van der Waals surface area contributed by atoms with Gasteiger partial charge >= 0.3 is 0 Å². The highest BCUT2D eigenvalue weighted by Gasteiger charge is 2.36. The normalized spacial score (nSPS) is 25.4. The largest absolute Gasteiger partial charge is 0.307 e. The lowest BCUT2D eigenvalue weighted by molar-refractivity contribution is 0.530. The first-order valence-corrected chi connectivity index (χ1v) is 6.53. The summed E-state index contributed by atoms with van der Waals surface area (Å²) in [6.45, 7) is 6.71. The molecule has 3 unspecified atom stereocenters. The quantitative estimate of drug-likeness (QED) is 0.790. The van der Waals surface area contributed by atoms with E-state index in [-0.39, 0.29) is 0 Å². The van der Waals surface area contributed by atoms with Crippen molar-refractivity contribution in [2.24, 2.45) is 5.92 Å². The van der Waals surface area contributed by atoms with Crippen molar-refractivity contribution in [2.75, 3.05) is 0 Å². The number of benzene rings is 1. The molecular formula is C15H23N. The number of hydrogen-bond donors (Lipinski definition) is 1. The van der Waals surface area contributed by atoms with Crippen LogP contribution in [0.1, 0.15) is 50.3 Å². The van der Waals surface area contributed by atoms with Crippen LogP contribution >= 0.6 is 0 Å². The molecule has 0 aromatic heterocycles. The van der Waals surface area contributed by atoms with Crippen LogP contribution in [0.3, 0.4) is 0 Å². The number of rotatable bonds is 5. The van der Waals surface area contributed by atoms with E-state index in [1.165, 1.54) is 30.4 Å². The maximum atomic E-state index is 3.73. The molecule has 1 aliphatic rings. The maximum Gasteiger partial charge on any atom is 0.0294 e. The molecule has 1 aromatic carbocycles. The summed E-state index contributed by atoms with van der Waals surface area (Å²) in [6, 6.07) is 10.1. The van der Waals surface area contributed by atoms with E-state index in [2.05, 4.69) is 50.4 Å². The van der Waals surface area contributed by atoms with E-state index in [1.54, 1.807) is 0 Å². The Bertz CT molecular complexity index is 345. The van der Waals surface area contributed by atoms with Crippen molar-refractivity contribution in [1.29, 1.82) is 0 Å². The molecule has 2 rings (SSSR count). The standard InChI is InChI=1S/C15H23N/c1-4-6-14-10-15(14)16-12(3)13-8-5-7-11(2)9-13/h5,7-9,12,14-16H,4,6,10H2,1-3H3. The minimum atomic E-state index is 0.492. The van der Waals surface area contributed by atoms with Crippen LogP contribution in [0.15, 0.2) is 24.3 Å². The molecule has 88 valence electrons. The van der Waals surface area contributed by atoms with Crippen molar-refractivity contribution in [3.05, 3.63) is 35.4 Å². The molecule has 3 atom stereocenters. The van der Waals surface area contributed by atoms with Crippen LogP contribution in [0.5, 0.6) is 0 Å². The van der Waals surface area contributed by atoms with Crippen molar-refractivity contribution in [3.8, 4) is 0 Å². The average molecular weight is 217 g/mol. The third kappa shape index (κ3) is 2.85. The summed E-state index contributed by atoms with van der Waals surface area (Å²) in [5, 5.41) is 3.73. The Labute approximate surface area is 99.3 Å². The van der Waals surface area contributed by atoms with Gasteiger partial charge in [0, 0.05) is 12.1 Å². The number of nitrogens with one attached hydrogen (secondary N) is 1. The van der Waals surface area contributed by atoms with Crippen molar-refractivity contribution < 1.29 is 0 Å². The van der Waals surface area contributed by atoms with Gasteiger partial charge in [0.2, 0.25) is 0 Å². The van der Waals surface area contributed by atoms with Crippen LogP contribution < -0.4 is 5.32 Å². The van der Waals surface area contributed by atoms with Crippen molar-refractivity contribution >= 4 is 0 Å². The summed E-state index contributed by atoms with van der Waals surface area (Å²) >= 11 is 0. The minimum absolute atomic E-state index is 0.492. The Balaban J connectivity index is 1.87. The molecule has 1 N–H and O–H groups in total. The zero-order valence-electron chi connectivity index (χ0n) is 10.7. The molecule has 1 saturated carbocycles. The molecule has 0 radical (unpaired) electrons. The summed E-state index contributed by atoms with van der Waals surface area (Å²) in [4.78, 5) is 0. The third-order valence-electron chi connectivity index (χ3n) is 3.59. The van der Waals surface area contributed by atoms with Gasteiger partial charge in [-0.15, -0.1) is 0 Å². The van der Waals surface area contributed by atoms with E-state index in [4.69, 9.17) is 0 Å². The molecule has 0 saturated heterocycles. The summed E-state index contributed by atoms with van der Waals surface area (Å²) in [5.41, 5.74) is 2.77. The molecule has 1 aliphatic carbocycles. The summed E-state index contributed by atoms with van der Waals surface area (Å²) in [7, 11) is 0.